The molecule has 21 heavy (non-hydrogen) atoms. The molecule has 1 aromatic heterocycles. The number of carbonyl (C=O) groups is 1. The fourth-order valence-corrected chi connectivity index (χ4v) is 2.63. The quantitative estimate of drug-likeness (QED) is 0.631. The first-order valence-electron chi connectivity index (χ1n) is 7.07. The van der Waals surface area contributed by atoms with E-state index in [9.17, 15) is 4.79 Å². The van der Waals surface area contributed by atoms with Crippen molar-refractivity contribution in [2.24, 2.45) is 0 Å². The molecule has 112 valence electrons. The predicted molar refractivity (Wildman–Crippen MR) is 84.7 cm³/mol. The van der Waals surface area contributed by atoms with Crippen LogP contribution in [0.15, 0.2) is 29.6 Å². The standard InChI is InChI=1S/C16H20N2O2S/c1-3-20-16(19)14-11-21-15(18-14)8-9-17-10-13-6-4-12(2)5-7-13/h4-7,11,17H,3,8-10H2,1-2H3. The Morgan fingerprint density at radius 3 is 2.81 bits per heavy atom. The van der Waals surface area contributed by atoms with Crippen LogP contribution in [0.3, 0.4) is 0 Å². The summed E-state index contributed by atoms with van der Waals surface area (Å²) in [5.74, 6) is -0.340. The van der Waals surface area contributed by atoms with Gasteiger partial charge in [0.15, 0.2) is 5.69 Å². The Morgan fingerprint density at radius 1 is 1.33 bits per heavy atom. The Hall–Kier alpha value is -1.72. The van der Waals surface area contributed by atoms with Gasteiger partial charge >= 0.3 is 5.97 Å². The number of hydrogen-bond acceptors (Lipinski definition) is 5. The van der Waals surface area contributed by atoms with E-state index < -0.39 is 0 Å². The smallest absolute Gasteiger partial charge is 0.357 e. The molecule has 0 fully saturated rings. The van der Waals surface area contributed by atoms with Gasteiger partial charge in [0.1, 0.15) is 0 Å². The first-order valence-corrected chi connectivity index (χ1v) is 7.94. The molecule has 0 aliphatic rings. The van der Waals surface area contributed by atoms with Gasteiger partial charge in [-0.1, -0.05) is 29.8 Å². The summed E-state index contributed by atoms with van der Waals surface area (Å²) in [6.07, 6.45) is 0.815. The third-order valence-corrected chi connectivity index (χ3v) is 3.91. The minimum atomic E-state index is -0.340. The number of aromatic nitrogens is 1. The number of carbonyl (C=O) groups excluding carboxylic acids is 1. The lowest BCUT2D eigenvalue weighted by molar-refractivity contribution is 0.0520. The van der Waals surface area contributed by atoms with Gasteiger partial charge in [0.2, 0.25) is 0 Å². The zero-order valence-electron chi connectivity index (χ0n) is 12.4. The summed E-state index contributed by atoms with van der Waals surface area (Å²) in [6, 6.07) is 8.49. The van der Waals surface area contributed by atoms with Crippen LogP contribution >= 0.6 is 11.3 Å². The number of nitrogens with one attached hydrogen (secondary N) is 1. The highest BCUT2D eigenvalue weighted by Crippen LogP contribution is 2.11. The van der Waals surface area contributed by atoms with Gasteiger partial charge in [0.05, 0.1) is 11.6 Å². The lowest BCUT2D eigenvalue weighted by Crippen LogP contribution is -2.16. The van der Waals surface area contributed by atoms with E-state index in [-0.39, 0.29) is 5.97 Å². The number of ether oxygens (including phenoxy) is 1. The Balaban J connectivity index is 1.73. The molecule has 1 heterocycles. The van der Waals surface area contributed by atoms with Crippen LogP contribution in [0.2, 0.25) is 0 Å². The molecule has 1 N–H and O–H groups in total. The first-order chi connectivity index (χ1) is 10.2. The molecule has 0 spiro atoms. The molecular weight excluding hydrogens is 284 g/mol. The molecule has 0 aliphatic carbocycles. The van der Waals surface area contributed by atoms with Gasteiger partial charge in [-0.2, -0.15) is 0 Å². The lowest BCUT2D eigenvalue weighted by Gasteiger charge is -2.04. The molecule has 4 nitrogen and oxygen atoms in total. The van der Waals surface area contributed by atoms with Crippen LogP contribution in [0.25, 0.3) is 0 Å². The van der Waals surface area contributed by atoms with Crippen LogP contribution in [-0.2, 0) is 17.7 Å². The van der Waals surface area contributed by atoms with Crippen molar-refractivity contribution in [2.45, 2.75) is 26.8 Å². The SMILES string of the molecule is CCOC(=O)c1csc(CCNCc2ccc(C)cc2)n1. The van der Waals surface area contributed by atoms with E-state index in [0.717, 1.165) is 24.5 Å². The largest absolute Gasteiger partial charge is 0.461 e. The summed E-state index contributed by atoms with van der Waals surface area (Å²) in [5, 5.41) is 6.09. The molecule has 0 atom stereocenters. The van der Waals surface area contributed by atoms with Crippen molar-refractivity contribution in [3.05, 3.63) is 51.5 Å². The monoisotopic (exact) mass is 304 g/mol. The number of nitrogens with zero attached hydrogens (tertiary/aromatic N) is 1. The summed E-state index contributed by atoms with van der Waals surface area (Å²) in [7, 11) is 0. The molecule has 0 bridgehead atoms. The number of hydrogen-bond donors (Lipinski definition) is 1. The van der Waals surface area contributed by atoms with Crippen molar-refractivity contribution in [1.82, 2.24) is 10.3 Å². The Morgan fingerprint density at radius 2 is 2.10 bits per heavy atom. The van der Waals surface area contributed by atoms with Gasteiger partial charge in [-0.25, -0.2) is 9.78 Å². The zero-order valence-corrected chi connectivity index (χ0v) is 13.2. The van der Waals surface area contributed by atoms with Gasteiger partial charge in [-0.3, -0.25) is 0 Å². The summed E-state index contributed by atoms with van der Waals surface area (Å²) < 4.78 is 4.92. The Kier molecular flexibility index (Phi) is 5.90. The molecule has 2 rings (SSSR count). The van der Waals surface area contributed by atoms with E-state index in [0.29, 0.717) is 12.3 Å². The summed E-state index contributed by atoms with van der Waals surface area (Å²) in [4.78, 5) is 15.8. The Bertz CT molecular complexity index is 578. The van der Waals surface area contributed by atoms with Crippen LogP contribution in [0.1, 0.15) is 33.5 Å². The maximum atomic E-state index is 11.5. The number of benzene rings is 1. The third-order valence-electron chi connectivity index (χ3n) is 3.00. The minimum absolute atomic E-state index is 0.340. The summed E-state index contributed by atoms with van der Waals surface area (Å²) in [6.45, 7) is 5.94. The van der Waals surface area contributed by atoms with Crippen molar-refractivity contribution in [2.75, 3.05) is 13.2 Å². The molecule has 5 heteroatoms. The highest BCUT2D eigenvalue weighted by Gasteiger charge is 2.10. The predicted octanol–water partition coefficient (Wildman–Crippen LogP) is 2.96. The third kappa shape index (κ3) is 4.95. The molecule has 0 aliphatic heterocycles. The van der Waals surface area contributed by atoms with Crippen LogP contribution in [0.5, 0.6) is 0 Å². The second-order valence-corrected chi connectivity index (χ2v) is 5.70. The maximum absolute atomic E-state index is 11.5. The Labute approximate surface area is 129 Å². The van der Waals surface area contributed by atoms with E-state index in [1.54, 1.807) is 12.3 Å². The normalized spacial score (nSPS) is 10.6. The van der Waals surface area contributed by atoms with E-state index in [1.807, 2.05) is 0 Å². The second-order valence-electron chi connectivity index (χ2n) is 4.76. The van der Waals surface area contributed by atoms with Crippen molar-refractivity contribution in [3.63, 3.8) is 0 Å². The molecule has 0 radical (unpaired) electrons. The average molecular weight is 304 g/mol. The molecule has 0 amide bonds. The van der Waals surface area contributed by atoms with Crippen molar-refractivity contribution < 1.29 is 9.53 Å². The molecule has 0 saturated heterocycles. The van der Waals surface area contributed by atoms with E-state index in [1.165, 1.54) is 22.5 Å². The van der Waals surface area contributed by atoms with Crippen LogP contribution in [0.4, 0.5) is 0 Å². The molecule has 0 saturated carbocycles. The fourth-order valence-electron chi connectivity index (χ4n) is 1.86. The molecule has 2 aromatic rings. The van der Waals surface area contributed by atoms with Crippen molar-refractivity contribution in [1.29, 1.82) is 0 Å². The second kappa shape index (κ2) is 7.90. The average Bonchev–Trinajstić information content (AvgIpc) is 2.95. The topological polar surface area (TPSA) is 51.2 Å². The molecule has 0 unspecified atom stereocenters. The summed E-state index contributed by atoms with van der Waals surface area (Å²) in [5.41, 5.74) is 2.95. The fraction of sp³-hybridized carbons (Fsp3) is 0.375. The van der Waals surface area contributed by atoms with Crippen LogP contribution in [-0.4, -0.2) is 24.1 Å². The van der Waals surface area contributed by atoms with Crippen molar-refractivity contribution >= 4 is 17.3 Å². The zero-order chi connectivity index (χ0) is 15.1. The molecular formula is C16H20N2O2S. The van der Waals surface area contributed by atoms with Gasteiger partial charge in [0, 0.05) is 24.9 Å². The number of esters is 1. The number of aryl methyl sites for hydroxylation is 1. The van der Waals surface area contributed by atoms with Crippen molar-refractivity contribution in [3.8, 4) is 0 Å². The van der Waals surface area contributed by atoms with Gasteiger partial charge in [0.25, 0.3) is 0 Å². The van der Waals surface area contributed by atoms with E-state index in [4.69, 9.17) is 4.74 Å². The highest BCUT2D eigenvalue weighted by atomic mass is 32.1. The van der Waals surface area contributed by atoms with Gasteiger partial charge in [-0.05, 0) is 19.4 Å². The van der Waals surface area contributed by atoms with Gasteiger partial charge < -0.3 is 10.1 Å². The van der Waals surface area contributed by atoms with E-state index >= 15 is 0 Å². The number of thiazole rings is 1. The highest BCUT2D eigenvalue weighted by molar-refractivity contribution is 7.09. The molecule has 1 aromatic carbocycles. The van der Waals surface area contributed by atoms with E-state index in [2.05, 4.69) is 41.5 Å². The first kappa shape index (κ1) is 15.7. The maximum Gasteiger partial charge on any atom is 0.357 e. The minimum Gasteiger partial charge on any atom is -0.461 e. The number of rotatable bonds is 7. The summed E-state index contributed by atoms with van der Waals surface area (Å²) >= 11 is 1.50. The lowest BCUT2D eigenvalue weighted by atomic mass is 10.1. The van der Waals surface area contributed by atoms with Gasteiger partial charge in [-0.15, -0.1) is 11.3 Å². The van der Waals surface area contributed by atoms with Crippen LogP contribution in [0, 0.1) is 6.92 Å². The van der Waals surface area contributed by atoms with Crippen LogP contribution < -0.4 is 5.32 Å².